The van der Waals surface area contributed by atoms with Crippen LogP contribution in [0.2, 0.25) is 0 Å². The third-order valence-electron chi connectivity index (χ3n) is 5.07. The Bertz CT molecular complexity index is 703. The minimum absolute atomic E-state index is 0. The van der Waals surface area contributed by atoms with Crippen LogP contribution in [0.3, 0.4) is 0 Å². The third-order valence-corrected chi connectivity index (χ3v) is 7.60. The first kappa shape index (κ1) is 23.2. The molecule has 0 radical (unpaired) electrons. The molecule has 5 nitrogen and oxygen atoms in total. The monoisotopic (exact) mass is 493 g/mol. The van der Waals surface area contributed by atoms with Gasteiger partial charge in [0.05, 0.1) is 10.5 Å². The predicted molar refractivity (Wildman–Crippen MR) is 120 cm³/mol. The molecule has 0 amide bonds. The van der Waals surface area contributed by atoms with E-state index in [2.05, 4.69) is 53.3 Å². The fraction of sp³-hybridized carbons (Fsp3) is 0.632. The molecule has 1 unspecified atom stereocenters. The molecule has 1 aliphatic rings. The molecule has 1 heterocycles. The van der Waals surface area contributed by atoms with Gasteiger partial charge >= 0.3 is 0 Å². The number of hydrogen-bond acceptors (Lipinski definition) is 3. The highest BCUT2D eigenvalue weighted by Gasteiger charge is 2.41. The van der Waals surface area contributed by atoms with Crippen molar-refractivity contribution in [2.45, 2.75) is 38.4 Å². The molecule has 148 valence electrons. The van der Waals surface area contributed by atoms with Gasteiger partial charge in [0, 0.05) is 32.6 Å². The second kappa shape index (κ2) is 9.39. The van der Waals surface area contributed by atoms with Crippen molar-refractivity contribution < 1.29 is 8.42 Å². The maximum Gasteiger partial charge on any atom is 0.193 e. The molecule has 2 rings (SSSR count). The lowest BCUT2D eigenvalue weighted by molar-refractivity contribution is 0.350. The number of nitrogens with one attached hydrogen (secondary N) is 1. The van der Waals surface area contributed by atoms with Gasteiger partial charge in [0.25, 0.3) is 0 Å². The summed E-state index contributed by atoms with van der Waals surface area (Å²) in [6, 6.07) is 10.5. The molecular weight excluding hydrogens is 461 g/mol. The van der Waals surface area contributed by atoms with E-state index in [9.17, 15) is 8.42 Å². The van der Waals surface area contributed by atoms with Gasteiger partial charge < -0.3 is 10.2 Å². The van der Waals surface area contributed by atoms with E-state index in [1.54, 1.807) is 20.9 Å². The molecule has 1 atom stereocenters. The Balaban J connectivity index is 0.00000338. The largest absolute Gasteiger partial charge is 0.356 e. The minimum Gasteiger partial charge on any atom is -0.356 e. The second-order valence-corrected chi connectivity index (χ2v) is 10.4. The summed E-state index contributed by atoms with van der Waals surface area (Å²) in [7, 11) is -1.29. The highest BCUT2D eigenvalue weighted by molar-refractivity contribution is 14.0. The first-order valence-corrected chi connectivity index (χ1v) is 10.6. The van der Waals surface area contributed by atoms with Gasteiger partial charge in [0.2, 0.25) is 0 Å². The zero-order chi connectivity index (χ0) is 18.7. The predicted octanol–water partition coefficient (Wildman–Crippen LogP) is 3.13. The Kier molecular flexibility index (Phi) is 8.38. The number of hydrogen-bond donors (Lipinski definition) is 1. The summed E-state index contributed by atoms with van der Waals surface area (Å²) in [4.78, 5) is 6.45. The van der Waals surface area contributed by atoms with Crippen LogP contribution in [0, 0.1) is 5.92 Å². The number of nitrogens with zero attached hydrogens (tertiary/aromatic N) is 2. The third kappa shape index (κ3) is 5.34. The summed E-state index contributed by atoms with van der Waals surface area (Å²) >= 11 is 0. The minimum atomic E-state index is -3.05. The number of guanidine groups is 1. The molecule has 0 spiro atoms. The highest BCUT2D eigenvalue weighted by Crippen LogP contribution is 2.25. The molecule has 1 aromatic carbocycles. The van der Waals surface area contributed by atoms with Crippen LogP contribution in [0.5, 0.6) is 0 Å². The van der Waals surface area contributed by atoms with Gasteiger partial charge in [-0.3, -0.25) is 4.99 Å². The Labute approximate surface area is 175 Å². The van der Waals surface area contributed by atoms with E-state index in [0.29, 0.717) is 24.9 Å². The molecule has 1 aromatic rings. The van der Waals surface area contributed by atoms with Crippen LogP contribution < -0.4 is 5.32 Å². The van der Waals surface area contributed by atoms with E-state index in [1.165, 1.54) is 5.56 Å². The highest BCUT2D eigenvalue weighted by atomic mass is 127. The van der Waals surface area contributed by atoms with Crippen molar-refractivity contribution in [1.29, 1.82) is 0 Å². The van der Waals surface area contributed by atoms with Crippen molar-refractivity contribution >= 4 is 39.8 Å². The average Bonchev–Trinajstić information content (AvgIpc) is 2.55. The average molecular weight is 493 g/mol. The Morgan fingerprint density at radius 1 is 1.27 bits per heavy atom. The van der Waals surface area contributed by atoms with Crippen molar-refractivity contribution in [3.05, 3.63) is 35.9 Å². The lowest BCUT2D eigenvalue weighted by Crippen LogP contribution is -2.57. The van der Waals surface area contributed by atoms with Gasteiger partial charge in [0.1, 0.15) is 0 Å². The molecule has 1 saturated heterocycles. The van der Waals surface area contributed by atoms with E-state index in [4.69, 9.17) is 0 Å². The maximum absolute atomic E-state index is 12.2. The van der Waals surface area contributed by atoms with Crippen molar-refractivity contribution in [2.24, 2.45) is 10.9 Å². The van der Waals surface area contributed by atoms with Gasteiger partial charge in [-0.15, -0.1) is 24.0 Å². The summed E-state index contributed by atoms with van der Waals surface area (Å²) in [6.45, 7) is 9.76. The fourth-order valence-corrected chi connectivity index (χ4v) is 4.66. The normalized spacial score (nSPS) is 20.4. The second-order valence-electron chi connectivity index (χ2n) is 7.69. The zero-order valence-corrected chi connectivity index (χ0v) is 19.5. The van der Waals surface area contributed by atoms with E-state index < -0.39 is 14.6 Å². The van der Waals surface area contributed by atoms with Gasteiger partial charge in [-0.2, -0.15) is 0 Å². The molecule has 7 heteroatoms. The van der Waals surface area contributed by atoms with Gasteiger partial charge in [-0.05, 0) is 25.3 Å². The number of aliphatic imine (C=N–C) groups is 1. The molecule has 1 aliphatic heterocycles. The van der Waals surface area contributed by atoms with Crippen LogP contribution in [-0.4, -0.2) is 56.5 Å². The van der Waals surface area contributed by atoms with E-state index in [0.717, 1.165) is 12.5 Å². The SMILES string of the molecule is CN=C(NCC(c1ccccc1)C(C)C)N1CCS(=O)(=O)C(C)(C)C1.I. The van der Waals surface area contributed by atoms with Crippen molar-refractivity contribution in [3.63, 3.8) is 0 Å². The van der Waals surface area contributed by atoms with Crippen molar-refractivity contribution in [3.8, 4) is 0 Å². The zero-order valence-electron chi connectivity index (χ0n) is 16.4. The van der Waals surface area contributed by atoms with E-state index in [-0.39, 0.29) is 29.7 Å². The lowest BCUT2D eigenvalue weighted by atomic mass is 9.88. The number of halogens is 1. The Morgan fingerprint density at radius 2 is 1.88 bits per heavy atom. The Morgan fingerprint density at radius 3 is 2.38 bits per heavy atom. The van der Waals surface area contributed by atoms with Crippen LogP contribution in [0.25, 0.3) is 0 Å². The molecule has 0 saturated carbocycles. The summed E-state index contributed by atoms with van der Waals surface area (Å²) in [5, 5.41) is 3.47. The van der Waals surface area contributed by atoms with Crippen molar-refractivity contribution in [1.82, 2.24) is 10.2 Å². The standard InChI is InChI=1S/C19H31N3O2S.HI/c1-15(2)17(16-9-7-6-8-10-16)13-21-18(20-5)22-11-12-25(23,24)19(3,4)14-22;/h6-10,15,17H,11-14H2,1-5H3,(H,20,21);1H. The van der Waals surface area contributed by atoms with Crippen LogP contribution in [0.4, 0.5) is 0 Å². The van der Waals surface area contributed by atoms with Crippen LogP contribution in [0.15, 0.2) is 35.3 Å². The maximum atomic E-state index is 12.2. The Hall–Kier alpha value is -0.830. The molecule has 26 heavy (non-hydrogen) atoms. The number of sulfone groups is 1. The summed E-state index contributed by atoms with van der Waals surface area (Å²) in [5.74, 6) is 1.82. The van der Waals surface area contributed by atoms with Crippen LogP contribution >= 0.6 is 24.0 Å². The van der Waals surface area contributed by atoms with Crippen LogP contribution in [-0.2, 0) is 9.84 Å². The summed E-state index contributed by atoms with van der Waals surface area (Å²) in [5.41, 5.74) is 1.31. The van der Waals surface area contributed by atoms with Gasteiger partial charge in [0.15, 0.2) is 15.8 Å². The smallest absolute Gasteiger partial charge is 0.193 e. The lowest BCUT2D eigenvalue weighted by Gasteiger charge is -2.39. The summed E-state index contributed by atoms with van der Waals surface area (Å²) in [6.07, 6.45) is 0. The molecule has 1 N–H and O–H groups in total. The van der Waals surface area contributed by atoms with Crippen molar-refractivity contribution in [2.75, 3.05) is 32.4 Å². The first-order chi connectivity index (χ1) is 11.7. The van der Waals surface area contributed by atoms with Crippen LogP contribution in [0.1, 0.15) is 39.2 Å². The number of rotatable bonds is 4. The molecule has 0 aliphatic carbocycles. The quantitative estimate of drug-likeness (QED) is 0.398. The molecular formula is C19H32IN3O2S. The van der Waals surface area contributed by atoms with E-state index in [1.807, 2.05) is 6.07 Å². The topological polar surface area (TPSA) is 61.8 Å². The van der Waals surface area contributed by atoms with E-state index >= 15 is 0 Å². The summed E-state index contributed by atoms with van der Waals surface area (Å²) < 4.78 is 23.7. The first-order valence-electron chi connectivity index (χ1n) is 8.91. The fourth-order valence-electron chi connectivity index (χ4n) is 3.30. The molecule has 1 fully saturated rings. The van der Waals surface area contributed by atoms with Gasteiger partial charge in [-0.25, -0.2) is 8.42 Å². The number of benzene rings is 1. The molecule has 0 bridgehead atoms. The van der Waals surface area contributed by atoms with Gasteiger partial charge in [-0.1, -0.05) is 44.2 Å². The molecule has 0 aromatic heterocycles.